The topological polar surface area (TPSA) is 117 Å². The maximum absolute atomic E-state index is 12.5. The molecule has 0 saturated heterocycles. The molecule has 0 aromatic carbocycles. The molecular weight excluding hydrogens is 378 g/mol. The molecule has 26 heavy (non-hydrogen) atoms. The highest BCUT2D eigenvalue weighted by molar-refractivity contribution is 7.92. The molecule has 2 amide bonds. The number of nitrogens with one attached hydrogen (secondary N) is 1. The van der Waals surface area contributed by atoms with Crippen LogP contribution >= 0.6 is 11.3 Å². The molecule has 0 unspecified atom stereocenters. The number of anilines is 1. The van der Waals surface area contributed by atoms with Gasteiger partial charge in [0.05, 0.1) is 11.3 Å². The van der Waals surface area contributed by atoms with E-state index in [9.17, 15) is 18.0 Å². The van der Waals surface area contributed by atoms with Crippen molar-refractivity contribution in [1.82, 2.24) is 9.88 Å². The third-order valence-electron chi connectivity index (χ3n) is 4.05. The van der Waals surface area contributed by atoms with Crippen LogP contribution in [0.25, 0.3) is 0 Å². The number of amides is 2. The highest BCUT2D eigenvalue weighted by Gasteiger charge is 2.25. The quantitative estimate of drug-likeness (QED) is 0.822. The third-order valence-corrected chi connectivity index (χ3v) is 7.09. The summed E-state index contributed by atoms with van der Waals surface area (Å²) in [5.41, 5.74) is 1.23. The maximum atomic E-state index is 12.5. The van der Waals surface area contributed by atoms with Crippen molar-refractivity contribution in [3.05, 3.63) is 39.9 Å². The average molecular weight is 395 g/mol. The Morgan fingerprint density at radius 1 is 1.35 bits per heavy atom. The minimum Gasteiger partial charge on any atom is -0.478 e. The summed E-state index contributed by atoms with van der Waals surface area (Å²) in [6.07, 6.45) is 1.76. The predicted octanol–water partition coefficient (Wildman–Crippen LogP) is 2.14. The van der Waals surface area contributed by atoms with Gasteiger partial charge in [0, 0.05) is 24.2 Å². The van der Waals surface area contributed by atoms with Crippen LogP contribution in [0.3, 0.4) is 0 Å². The van der Waals surface area contributed by atoms with Crippen LogP contribution in [0, 0.1) is 6.92 Å². The summed E-state index contributed by atoms with van der Waals surface area (Å²) in [6, 6.07) is 4.10. The fraction of sp³-hybridized carbons (Fsp3) is 0.312. The molecule has 10 heteroatoms. The van der Waals surface area contributed by atoms with Crippen LogP contribution in [0.5, 0.6) is 0 Å². The van der Waals surface area contributed by atoms with Crippen LogP contribution in [-0.4, -0.2) is 48.2 Å². The average Bonchev–Trinajstić information content (AvgIpc) is 2.98. The van der Waals surface area contributed by atoms with E-state index in [1.54, 1.807) is 17.9 Å². The number of carboxylic acid groups (broad SMARTS) is 1. The van der Waals surface area contributed by atoms with Crippen LogP contribution in [0.2, 0.25) is 0 Å². The van der Waals surface area contributed by atoms with Gasteiger partial charge in [-0.15, -0.1) is 11.3 Å². The lowest BCUT2D eigenvalue weighted by molar-refractivity contribution is 0.0695. The Morgan fingerprint density at radius 2 is 2.08 bits per heavy atom. The molecule has 8 nitrogen and oxygen atoms in total. The van der Waals surface area contributed by atoms with Gasteiger partial charge in [-0.25, -0.2) is 23.0 Å². The molecule has 2 N–H and O–H groups in total. The van der Waals surface area contributed by atoms with Crippen molar-refractivity contribution in [3.63, 3.8) is 0 Å². The van der Waals surface area contributed by atoms with Crippen LogP contribution < -0.4 is 5.32 Å². The number of aromatic nitrogens is 1. The van der Waals surface area contributed by atoms with E-state index >= 15 is 0 Å². The van der Waals surface area contributed by atoms with E-state index in [2.05, 4.69) is 10.3 Å². The normalized spacial score (nSPS) is 14.0. The number of aryl methyl sites for hydroxylation is 1. The zero-order valence-electron chi connectivity index (χ0n) is 14.1. The maximum Gasteiger partial charge on any atom is 0.337 e. The Kier molecular flexibility index (Phi) is 4.72. The fourth-order valence-corrected chi connectivity index (χ4v) is 4.86. The number of urea groups is 1. The molecule has 2 aromatic heterocycles. The Bertz CT molecular complexity index is 997. The Hall–Kier alpha value is -2.46. The van der Waals surface area contributed by atoms with Gasteiger partial charge in [0.25, 0.3) is 0 Å². The van der Waals surface area contributed by atoms with Gasteiger partial charge in [0.2, 0.25) is 0 Å². The third kappa shape index (κ3) is 3.70. The number of sulfone groups is 1. The van der Waals surface area contributed by atoms with E-state index in [-0.39, 0.29) is 17.4 Å². The van der Waals surface area contributed by atoms with Gasteiger partial charge >= 0.3 is 12.0 Å². The van der Waals surface area contributed by atoms with E-state index < -0.39 is 15.8 Å². The molecule has 0 saturated carbocycles. The van der Waals surface area contributed by atoms with E-state index in [1.165, 1.54) is 29.7 Å². The van der Waals surface area contributed by atoms with Crippen LogP contribution in [-0.2, 0) is 22.8 Å². The summed E-state index contributed by atoms with van der Waals surface area (Å²) in [6.45, 7) is 2.35. The lowest BCUT2D eigenvalue weighted by atomic mass is 10.1. The van der Waals surface area contributed by atoms with Crippen LogP contribution in [0.1, 0.15) is 26.5 Å². The molecule has 1 aliphatic heterocycles. The second-order valence-corrected chi connectivity index (χ2v) is 9.40. The Morgan fingerprint density at radius 3 is 2.69 bits per heavy atom. The lowest BCUT2D eigenvalue weighted by Gasteiger charge is -2.26. The smallest absolute Gasteiger partial charge is 0.337 e. The molecule has 3 heterocycles. The summed E-state index contributed by atoms with van der Waals surface area (Å²) in [5.74, 6) is -0.805. The van der Waals surface area contributed by atoms with Gasteiger partial charge < -0.3 is 10.0 Å². The summed E-state index contributed by atoms with van der Waals surface area (Å²) < 4.78 is 23.7. The highest BCUT2D eigenvalue weighted by atomic mass is 32.2. The summed E-state index contributed by atoms with van der Waals surface area (Å²) >= 11 is 1.25. The molecule has 0 fully saturated rings. The number of carbonyl (C=O) groups excluding carboxylic acids is 1. The van der Waals surface area contributed by atoms with Crippen molar-refractivity contribution >= 4 is 39.0 Å². The number of rotatable bonds is 3. The van der Waals surface area contributed by atoms with Gasteiger partial charge in [0.1, 0.15) is 10.0 Å². The Labute approximate surface area is 154 Å². The molecule has 3 rings (SSSR count). The van der Waals surface area contributed by atoms with E-state index in [0.717, 1.165) is 10.4 Å². The minimum absolute atomic E-state index is 0.0807. The number of hydrogen-bond donors (Lipinski definition) is 2. The molecule has 138 valence electrons. The van der Waals surface area contributed by atoms with Crippen LogP contribution in [0.15, 0.2) is 22.4 Å². The zero-order chi connectivity index (χ0) is 19.1. The first-order valence-electron chi connectivity index (χ1n) is 7.73. The number of thiophene rings is 1. The minimum atomic E-state index is -3.26. The standard InChI is InChI=1S/C16H17N3O5S2/c1-9-11(15(20)21)3-4-13(17-9)18-16(22)19-6-5-12-10(8-19)7-14(25-12)26(2,23)24/h3-4,7H,5-6,8H2,1-2H3,(H,20,21)(H,17,18,22). The number of fused-ring (bicyclic) bond motifs is 1. The Balaban J connectivity index is 1.73. The SMILES string of the molecule is Cc1nc(NC(=O)N2CCc3sc(S(C)(=O)=O)cc3C2)ccc1C(=O)O. The van der Waals surface area contributed by atoms with Crippen LogP contribution in [0.4, 0.5) is 10.6 Å². The van der Waals surface area contributed by atoms with Gasteiger partial charge in [-0.05, 0) is 37.1 Å². The van der Waals surface area contributed by atoms with Gasteiger partial charge in [-0.2, -0.15) is 0 Å². The molecule has 2 aromatic rings. The first-order valence-corrected chi connectivity index (χ1v) is 10.4. The summed E-state index contributed by atoms with van der Waals surface area (Å²) in [4.78, 5) is 30.1. The van der Waals surface area contributed by atoms with Crippen molar-refractivity contribution in [2.24, 2.45) is 0 Å². The summed E-state index contributed by atoms with van der Waals surface area (Å²) in [5, 5.41) is 11.7. The molecule has 0 aliphatic carbocycles. The summed E-state index contributed by atoms with van der Waals surface area (Å²) in [7, 11) is -3.26. The zero-order valence-corrected chi connectivity index (χ0v) is 15.8. The first-order chi connectivity index (χ1) is 12.1. The molecule has 1 aliphatic rings. The monoisotopic (exact) mass is 395 g/mol. The first kappa shape index (κ1) is 18.3. The van der Waals surface area contributed by atoms with Crippen molar-refractivity contribution in [2.45, 2.75) is 24.1 Å². The van der Waals surface area contributed by atoms with Crippen molar-refractivity contribution < 1.29 is 23.1 Å². The predicted molar refractivity (Wildman–Crippen MR) is 96.5 cm³/mol. The lowest BCUT2D eigenvalue weighted by Crippen LogP contribution is -2.38. The highest BCUT2D eigenvalue weighted by Crippen LogP contribution is 2.31. The molecule has 0 atom stereocenters. The van der Waals surface area contributed by atoms with Crippen molar-refractivity contribution in [3.8, 4) is 0 Å². The number of hydrogen-bond acceptors (Lipinski definition) is 6. The number of aromatic carboxylic acids is 1. The second kappa shape index (κ2) is 6.69. The largest absolute Gasteiger partial charge is 0.478 e. The molecule has 0 spiro atoms. The van der Waals surface area contributed by atoms with Gasteiger partial charge in [-0.3, -0.25) is 5.32 Å². The van der Waals surface area contributed by atoms with Crippen molar-refractivity contribution in [2.75, 3.05) is 18.1 Å². The number of pyridine rings is 1. The van der Waals surface area contributed by atoms with E-state index in [1.807, 2.05) is 0 Å². The van der Waals surface area contributed by atoms with Crippen molar-refractivity contribution in [1.29, 1.82) is 0 Å². The number of carboxylic acids is 1. The molecule has 0 radical (unpaired) electrons. The van der Waals surface area contributed by atoms with E-state index in [0.29, 0.717) is 29.4 Å². The second-order valence-electron chi connectivity index (χ2n) is 6.02. The van der Waals surface area contributed by atoms with Gasteiger partial charge in [-0.1, -0.05) is 0 Å². The fourth-order valence-electron chi connectivity index (χ4n) is 2.71. The van der Waals surface area contributed by atoms with Gasteiger partial charge in [0.15, 0.2) is 9.84 Å². The number of nitrogens with zero attached hydrogens (tertiary/aromatic N) is 2. The van der Waals surface area contributed by atoms with E-state index in [4.69, 9.17) is 5.11 Å². The molecular formula is C16H17N3O5S2. The number of carbonyl (C=O) groups is 2. The molecule has 0 bridgehead atoms.